The molecule has 0 spiro atoms. The SMILES string of the molecule is COc1ccc(-c2ccc3c(c2)CCN3)c(OC)c1. The van der Waals surface area contributed by atoms with Gasteiger partial charge in [-0.05, 0) is 41.8 Å². The van der Waals surface area contributed by atoms with Gasteiger partial charge < -0.3 is 14.8 Å². The van der Waals surface area contributed by atoms with Crippen molar-refractivity contribution >= 4 is 5.69 Å². The third kappa shape index (κ3) is 2.12. The van der Waals surface area contributed by atoms with Crippen molar-refractivity contribution in [2.24, 2.45) is 0 Å². The van der Waals surface area contributed by atoms with Gasteiger partial charge in [-0.3, -0.25) is 0 Å². The van der Waals surface area contributed by atoms with Crippen molar-refractivity contribution in [2.75, 3.05) is 26.1 Å². The van der Waals surface area contributed by atoms with E-state index in [0.29, 0.717) is 0 Å². The lowest BCUT2D eigenvalue weighted by molar-refractivity contribution is 0.395. The van der Waals surface area contributed by atoms with Crippen LogP contribution in [0.2, 0.25) is 0 Å². The maximum Gasteiger partial charge on any atom is 0.130 e. The molecule has 2 aromatic rings. The Hall–Kier alpha value is -2.16. The third-order valence-corrected chi connectivity index (χ3v) is 3.53. The Morgan fingerprint density at radius 3 is 2.68 bits per heavy atom. The van der Waals surface area contributed by atoms with E-state index in [4.69, 9.17) is 9.47 Å². The molecule has 0 aliphatic carbocycles. The molecule has 0 unspecified atom stereocenters. The van der Waals surface area contributed by atoms with Gasteiger partial charge in [0.2, 0.25) is 0 Å². The van der Waals surface area contributed by atoms with E-state index in [2.05, 4.69) is 23.5 Å². The van der Waals surface area contributed by atoms with E-state index in [0.717, 1.165) is 30.0 Å². The van der Waals surface area contributed by atoms with Gasteiger partial charge in [-0.15, -0.1) is 0 Å². The van der Waals surface area contributed by atoms with Crippen LogP contribution in [0.3, 0.4) is 0 Å². The van der Waals surface area contributed by atoms with Gasteiger partial charge in [-0.25, -0.2) is 0 Å². The molecule has 0 saturated carbocycles. The van der Waals surface area contributed by atoms with Gasteiger partial charge in [-0.2, -0.15) is 0 Å². The van der Waals surface area contributed by atoms with Crippen molar-refractivity contribution in [1.82, 2.24) is 0 Å². The second-order valence-electron chi connectivity index (χ2n) is 4.61. The Kier molecular flexibility index (Phi) is 3.03. The molecule has 98 valence electrons. The number of ether oxygens (including phenoxy) is 2. The molecule has 1 N–H and O–H groups in total. The molecule has 1 heterocycles. The van der Waals surface area contributed by atoms with E-state index in [1.54, 1.807) is 14.2 Å². The van der Waals surface area contributed by atoms with Crippen molar-refractivity contribution in [2.45, 2.75) is 6.42 Å². The molecule has 1 aliphatic heterocycles. The topological polar surface area (TPSA) is 30.5 Å². The number of rotatable bonds is 3. The number of hydrogen-bond donors (Lipinski definition) is 1. The molecule has 3 rings (SSSR count). The molecule has 3 heteroatoms. The number of fused-ring (bicyclic) bond motifs is 1. The first-order valence-electron chi connectivity index (χ1n) is 6.41. The fraction of sp³-hybridized carbons (Fsp3) is 0.250. The number of anilines is 1. The van der Waals surface area contributed by atoms with Gasteiger partial charge >= 0.3 is 0 Å². The summed E-state index contributed by atoms with van der Waals surface area (Å²) in [4.78, 5) is 0. The summed E-state index contributed by atoms with van der Waals surface area (Å²) in [5.74, 6) is 1.65. The summed E-state index contributed by atoms with van der Waals surface area (Å²) in [5, 5.41) is 3.37. The van der Waals surface area contributed by atoms with Gasteiger partial charge in [0.1, 0.15) is 11.5 Å². The quantitative estimate of drug-likeness (QED) is 0.912. The van der Waals surface area contributed by atoms with E-state index >= 15 is 0 Å². The van der Waals surface area contributed by atoms with Crippen LogP contribution in [0.5, 0.6) is 11.5 Å². The van der Waals surface area contributed by atoms with Crippen LogP contribution in [0, 0.1) is 0 Å². The minimum Gasteiger partial charge on any atom is -0.497 e. The first-order chi connectivity index (χ1) is 9.31. The monoisotopic (exact) mass is 255 g/mol. The first-order valence-corrected chi connectivity index (χ1v) is 6.41. The summed E-state index contributed by atoms with van der Waals surface area (Å²) in [6.07, 6.45) is 1.08. The molecule has 0 bridgehead atoms. The number of methoxy groups -OCH3 is 2. The Bertz CT molecular complexity index is 608. The minimum absolute atomic E-state index is 0.809. The fourth-order valence-electron chi connectivity index (χ4n) is 2.51. The third-order valence-electron chi connectivity index (χ3n) is 3.53. The van der Waals surface area contributed by atoms with Crippen LogP contribution in [-0.4, -0.2) is 20.8 Å². The highest BCUT2D eigenvalue weighted by Crippen LogP contribution is 2.35. The van der Waals surface area contributed by atoms with Crippen molar-refractivity contribution in [1.29, 1.82) is 0 Å². The predicted octanol–water partition coefficient (Wildman–Crippen LogP) is 3.34. The highest BCUT2D eigenvalue weighted by molar-refractivity contribution is 5.75. The Morgan fingerprint density at radius 2 is 1.89 bits per heavy atom. The maximum absolute atomic E-state index is 5.47. The minimum atomic E-state index is 0.809. The van der Waals surface area contributed by atoms with Crippen LogP contribution in [0.15, 0.2) is 36.4 Å². The number of nitrogens with one attached hydrogen (secondary N) is 1. The normalized spacial score (nSPS) is 12.7. The lowest BCUT2D eigenvalue weighted by Crippen LogP contribution is -1.91. The second-order valence-corrected chi connectivity index (χ2v) is 4.61. The van der Waals surface area contributed by atoms with Gasteiger partial charge in [0, 0.05) is 23.9 Å². The second kappa shape index (κ2) is 4.84. The molecule has 3 nitrogen and oxygen atoms in total. The number of benzene rings is 2. The first kappa shape index (κ1) is 11.9. The van der Waals surface area contributed by atoms with Crippen LogP contribution in [-0.2, 0) is 6.42 Å². The average Bonchev–Trinajstić information content (AvgIpc) is 2.93. The van der Waals surface area contributed by atoms with Gasteiger partial charge in [-0.1, -0.05) is 6.07 Å². The molecule has 1 aliphatic rings. The molecule has 0 atom stereocenters. The molecule has 0 saturated heterocycles. The van der Waals surface area contributed by atoms with Crippen molar-refractivity contribution in [3.63, 3.8) is 0 Å². The van der Waals surface area contributed by atoms with Gasteiger partial charge in [0.05, 0.1) is 14.2 Å². The fourth-order valence-corrected chi connectivity index (χ4v) is 2.51. The molecule has 2 aromatic carbocycles. The van der Waals surface area contributed by atoms with Crippen LogP contribution < -0.4 is 14.8 Å². The average molecular weight is 255 g/mol. The molecular weight excluding hydrogens is 238 g/mol. The highest BCUT2D eigenvalue weighted by atomic mass is 16.5. The zero-order valence-corrected chi connectivity index (χ0v) is 11.2. The summed E-state index contributed by atoms with van der Waals surface area (Å²) in [5.41, 5.74) is 4.89. The summed E-state index contributed by atoms with van der Waals surface area (Å²) in [7, 11) is 3.35. The number of hydrogen-bond acceptors (Lipinski definition) is 3. The van der Waals surface area contributed by atoms with Crippen molar-refractivity contribution < 1.29 is 9.47 Å². The van der Waals surface area contributed by atoms with E-state index in [9.17, 15) is 0 Å². The van der Waals surface area contributed by atoms with E-state index in [-0.39, 0.29) is 0 Å². The Morgan fingerprint density at radius 1 is 1.00 bits per heavy atom. The highest BCUT2D eigenvalue weighted by Gasteiger charge is 2.13. The molecule has 0 fully saturated rings. The zero-order valence-electron chi connectivity index (χ0n) is 11.2. The Labute approximate surface area is 113 Å². The van der Waals surface area contributed by atoms with Crippen molar-refractivity contribution in [3.05, 3.63) is 42.0 Å². The summed E-state index contributed by atoms with van der Waals surface area (Å²) < 4.78 is 10.7. The molecule has 0 amide bonds. The van der Waals surface area contributed by atoms with Crippen LogP contribution in [0.4, 0.5) is 5.69 Å². The smallest absolute Gasteiger partial charge is 0.130 e. The maximum atomic E-state index is 5.47. The van der Waals surface area contributed by atoms with E-state index < -0.39 is 0 Å². The van der Waals surface area contributed by atoms with Gasteiger partial charge in [0.15, 0.2) is 0 Å². The van der Waals surface area contributed by atoms with Gasteiger partial charge in [0.25, 0.3) is 0 Å². The lowest BCUT2D eigenvalue weighted by Gasteiger charge is -2.11. The predicted molar refractivity (Wildman–Crippen MR) is 77.2 cm³/mol. The summed E-state index contributed by atoms with van der Waals surface area (Å²) in [6, 6.07) is 12.4. The van der Waals surface area contributed by atoms with Crippen LogP contribution in [0.25, 0.3) is 11.1 Å². The molecule has 19 heavy (non-hydrogen) atoms. The van der Waals surface area contributed by atoms with Crippen molar-refractivity contribution in [3.8, 4) is 22.6 Å². The van der Waals surface area contributed by atoms with E-state index in [1.807, 2.05) is 18.2 Å². The molecule has 0 aromatic heterocycles. The standard InChI is InChI=1S/C16H17NO2/c1-18-13-4-5-14(16(10-13)19-2)11-3-6-15-12(9-11)7-8-17-15/h3-6,9-10,17H,7-8H2,1-2H3. The largest absolute Gasteiger partial charge is 0.497 e. The Balaban J connectivity index is 2.06. The van der Waals surface area contributed by atoms with Crippen LogP contribution in [0.1, 0.15) is 5.56 Å². The molecule has 0 radical (unpaired) electrons. The zero-order chi connectivity index (χ0) is 13.2. The van der Waals surface area contributed by atoms with Crippen LogP contribution >= 0.6 is 0 Å². The summed E-state index contributed by atoms with van der Waals surface area (Å²) in [6.45, 7) is 1.03. The summed E-state index contributed by atoms with van der Waals surface area (Å²) >= 11 is 0. The molecular formula is C16H17NO2. The lowest BCUT2D eigenvalue weighted by atomic mass is 10.0. The van der Waals surface area contributed by atoms with E-state index in [1.165, 1.54) is 16.8 Å².